The summed E-state index contributed by atoms with van der Waals surface area (Å²) in [4.78, 5) is 0.386. The second-order valence-corrected chi connectivity index (χ2v) is 7.26. The molecular weight excluding hydrogens is 326 g/mol. The monoisotopic (exact) mass is 343 g/mol. The first-order chi connectivity index (χ1) is 9.05. The van der Waals surface area contributed by atoms with Gasteiger partial charge in [-0.2, -0.15) is 4.31 Å². The molecule has 0 aromatic heterocycles. The summed E-state index contributed by atoms with van der Waals surface area (Å²) >= 11 is 3.33. The van der Waals surface area contributed by atoms with E-state index in [1.165, 1.54) is 0 Å². The molecular formula is C14H18BrNO2S. The van der Waals surface area contributed by atoms with Gasteiger partial charge in [0.15, 0.2) is 0 Å². The molecule has 1 aliphatic heterocycles. The number of halogens is 1. The third kappa shape index (κ3) is 3.27. The summed E-state index contributed by atoms with van der Waals surface area (Å²) in [7, 11) is -3.37. The molecule has 3 nitrogen and oxygen atoms in total. The normalized spacial score (nSPS) is 21.3. The number of aryl methyl sites for hydroxylation is 1. The van der Waals surface area contributed by atoms with Crippen molar-refractivity contribution < 1.29 is 8.42 Å². The van der Waals surface area contributed by atoms with Gasteiger partial charge in [-0.15, -0.1) is 0 Å². The van der Waals surface area contributed by atoms with Crippen molar-refractivity contribution in [1.82, 2.24) is 4.31 Å². The van der Waals surface area contributed by atoms with Gasteiger partial charge in [0.25, 0.3) is 0 Å². The van der Waals surface area contributed by atoms with Crippen molar-refractivity contribution in [3.05, 3.63) is 42.0 Å². The van der Waals surface area contributed by atoms with E-state index in [2.05, 4.69) is 15.9 Å². The molecule has 0 amide bonds. The van der Waals surface area contributed by atoms with Gasteiger partial charge in [-0.1, -0.05) is 45.8 Å². The zero-order chi connectivity index (χ0) is 13.9. The number of hydrogen-bond donors (Lipinski definition) is 0. The van der Waals surface area contributed by atoms with E-state index in [1.807, 2.05) is 31.2 Å². The van der Waals surface area contributed by atoms with Gasteiger partial charge in [0.05, 0.1) is 4.90 Å². The Kier molecular flexibility index (Phi) is 4.81. The van der Waals surface area contributed by atoms with Gasteiger partial charge in [-0.3, -0.25) is 0 Å². The molecule has 0 aliphatic carbocycles. The highest BCUT2D eigenvalue weighted by molar-refractivity contribution is 9.09. The molecule has 0 bridgehead atoms. The molecule has 19 heavy (non-hydrogen) atoms. The number of rotatable bonds is 4. The fraction of sp³-hybridized carbons (Fsp3) is 0.429. The van der Waals surface area contributed by atoms with Crippen LogP contribution in [0.4, 0.5) is 0 Å². The minimum Gasteiger partial charge on any atom is -0.207 e. The summed E-state index contributed by atoms with van der Waals surface area (Å²) < 4.78 is 26.8. The van der Waals surface area contributed by atoms with Crippen LogP contribution >= 0.6 is 15.9 Å². The van der Waals surface area contributed by atoms with Crippen LogP contribution in [0.2, 0.25) is 0 Å². The summed E-state index contributed by atoms with van der Waals surface area (Å²) in [6, 6.07) is 7.05. The van der Waals surface area contributed by atoms with E-state index in [1.54, 1.807) is 16.4 Å². The fourth-order valence-corrected chi connectivity index (χ4v) is 4.18. The highest BCUT2D eigenvalue weighted by Gasteiger charge is 2.33. The van der Waals surface area contributed by atoms with Crippen LogP contribution in [0.15, 0.2) is 41.3 Å². The largest absolute Gasteiger partial charge is 0.243 e. The van der Waals surface area contributed by atoms with E-state index in [9.17, 15) is 8.42 Å². The van der Waals surface area contributed by atoms with Crippen LogP contribution in [0, 0.1) is 6.92 Å². The third-order valence-corrected chi connectivity index (χ3v) is 5.64. The van der Waals surface area contributed by atoms with Crippen molar-refractivity contribution in [2.24, 2.45) is 0 Å². The Morgan fingerprint density at radius 1 is 1.37 bits per heavy atom. The van der Waals surface area contributed by atoms with E-state index >= 15 is 0 Å². The standard InChI is InChI=1S/C14H18BrNO2S/c1-12-6-8-14(9-7-12)19(17,18)16-11-3-5-13(16)4-2-10-15/h2,4,6-9,13H,3,5,10-11H2,1H3/b4-2+. The van der Waals surface area contributed by atoms with E-state index in [4.69, 9.17) is 0 Å². The van der Waals surface area contributed by atoms with Crippen molar-refractivity contribution >= 4 is 26.0 Å². The lowest BCUT2D eigenvalue weighted by Gasteiger charge is -2.21. The Hall–Kier alpha value is -0.650. The Labute approximate surface area is 123 Å². The number of sulfonamides is 1. The van der Waals surface area contributed by atoms with Crippen molar-refractivity contribution in [1.29, 1.82) is 0 Å². The van der Waals surface area contributed by atoms with Crippen LogP contribution < -0.4 is 0 Å². The quantitative estimate of drug-likeness (QED) is 0.622. The predicted octanol–water partition coefficient (Wildman–Crippen LogP) is 3.10. The van der Waals surface area contributed by atoms with Crippen molar-refractivity contribution in [2.75, 3.05) is 11.9 Å². The third-order valence-electron chi connectivity index (χ3n) is 3.32. The average Bonchev–Trinajstić information content (AvgIpc) is 2.86. The maximum absolute atomic E-state index is 12.6. The van der Waals surface area contributed by atoms with Crippen LogP contribution in [0.5, 0.6) is 0 Å². The molecule has 2 rings (SSSR count). The predicted molar refractivity (Wildman–Crippen MR) is 81.0 cm³/mol. The first kappa shape index (κ1) is 14.8. The minimum atomic E-state index is -3.37. The van der Waals surface area contributed by atoms with Gasteiger partial charge in [0.1, 0.15) is 0 Å². The van der Waals surface area contributed by atoms with Crippen LogP contribution in [-0.2, 0) is 10.0 Å². The van der Waals surface area contributed by atoms with Crippen LogP contribution in [0.25, 0.3) is 0 Å². The van der Waals surface area contributed by atoms with Crippen LogP contribution in [-0.4, -0.2) is 30.6 Å². The molecule has 1 aliphatic rings. The van der Waals surface area contributed by atoms with Gasteiger partial charge in [0, 0.05) is 17.9 Å². The lowest BCUT2D eigenvalue weighted by Crippen LogP contribution is -2.34. The molecule has 1 aromatic rings. The summed E-state index contributed by atoms with van der Waals surface area (Å²) in [5.41, 5.74) is 1.07. The van der Waals surface area contributed by atoms with Crippen molar-refractivity contribution in [2.45, 2.75) is 30.7 Å². The fourth-order valence-electron chi connectivity index (χ4n) is 2.31. The molecule has 1 aromatic carbocycles. The van der Waals surface area contributed by atoms with Gasteiger partial charge < -0.3 is 0 Å². The van der Waals surface area contributed by atoms with Gasteiger partial charge >= 0.3 is 0 Å². The topological polar surface area (TPSA) is 37.4 Å². The summed E-state index contributed by atoms with van der Waals surface area (Å²) in [5.74, 6) is 0. The summed E-state index contributed by atoms with van der Waals surface area (Å²) in [6.07, 6.45) is 5.76. The SMILES string of the molecule is Cc1ccc(S(=O)(=O)N2CCCC2/C=C/CBr)cc1. The Balaban J connectivity index is 2.28. The molecule has 104 valence electrons. The molecule has 1 saturated heterocycles. The maximum atomic E-state index is 12.6. The van der Waals surface area contributed by atoms with Gasteiger partial charge in [-0.25, -0.2) is 8.42 Å². The number of alkyl halides is 1. The number of nitrogens with zero attached hydrogens (tertiary/aromatic N) is 1. The molecule has 0 spiro atoms. The highest BCUT2D eigenvalue weighted by Crippen LogP contribution is 2.26. The molecule has 1 heterocycles. The van der Waals surface area contributed by atoms with E-state index in [0.29, 0.717) is 11.4 Å². The molecule has 5 heteroatoms. The molecule has 1 unspecified atom stereocenters. The first-order valence-electron chi connectivity index (χ1n) is 6.37. The number of hydrogen-bond acceptors (Lipinski definition) is 2. The zero-order valence-electron chi connectivity index (χ0n) is 10.9. The lowest BCUT2D eigenvalue weighted by molar-refractivity contribution is 0.432. The molecule has 0 saturated carbocycles. The molecule has 1 fully saturated rings. The van der Waals surface area contributed by atoms with Crippen LogP contribution in [0.1, 0.15) is 18.4 Å². The minimum absolute atomic E-state index is 0.0103. The van der Waals surface area contributed by atoms with Crippen LogP contribution in [0.3, 0.4) is 0 Å². The summed E-state index contributed by atoms with van der Waals surface area (Å²) in [6.45, 7) is 2.56. The van der Waals surface area contributed by atoms with Gasteiger partial charge in [0.2, 0.25) is 10.0 Å². The zero-order valence-corrected chi connectivity index (χ0v) is 13.3. The van der Waals surface area contributed by atoms with E-state index < -0.39 is 10.0 Å². The highest BCUT2D eigenvalue weighted by atomic mass is 79.9. The molecule has 0 radical (unpaired) electrons. The second-order valence-electron chi connectivity index (χ2n) is 4.72. The molecule has 1 atom stereocenters. The smallest absolute Gasteiger partial charge is 0.207 e. The maximum Gasteiger partial charge on any atom is 0.243 e. The Morgan fingerprint density at radius 3 is 2.68 bits per heavy atom. The number of allylic oxidation sites excluding steroid dienone is 1. The first-order valence-corrected chi connectivity index (χ1v) is 8.93. The van der Waals surface area contributed by atoms with Gasteiger partial charge in [-0.05, 0) is 31.9 Å². The molecule has 0 N–H and O–H groups in total. The average molecular weight is 344 g/mol. The number of benzene rings is 1. The Bertz CT molecular complexity index is 551. The lowest BCUT2D eigenvalue weighted by atomic mass is 10.2. The van der Waals surface area contributed by atoms with Crippen molar-refractivity contribution in [3.8, 4) is 0 Å². The van der Waals surface area contributed by atoms with Crippen molar-refractivity contribution in [3.63, 3.8) is 0 Å². The Morgan fingerprint density at radius 2 is 2.05 bits per heavy atom. The summed E-state index contributed by atoms with van der Waals surface area (Å²) in [5, 5.41) is 0.752. The van der Waals surface area contributed by atoms with E-state index in [-0.39, 0.29) is 6.04 Å². The van der Waals surface area contributed by atoms with E-state index in [0.717, 1.165) is 23.7 Å². The second kappa shape index (κ2) is 6.20.